The summed E-state index contributed by atoms with van der Waals surface area (Å²) in [5.41, 5.74) is 2.24. The molecule has 0 atom stereocenters. The lowest BCUT2D eigenvalue weighted by atomic mass is 10.2. The summed E-state index contributed by atoms with van der Waals surface area (Å²) >= 11 is 9.10. The Morgan fingerprint density at radius 2 is 2.21 bits per heavy atom. The molecule has 0 aliphatic carbocycles. The molecule has 14 heavy (non-hydrogen) atoms. The van der Waals surface area contributed by atoms with Crippen LogP contribution in [0, 0.1) is 6.92 Å². The van der Waals surface area contributed by atoms with Crippen molar-refractivity contribution in [3.63, 3.8) is 0 Å². The monoisotopic (exact) mass is 276 g/mol. The summed E-state index contributed by atoms with van der Waals surface area (Å²) in [6.45, 7) is 2.00. The minimum atomic E-state index is 0.683. The van der Waals surface area contributed by atoms with E-state index in [1.165, 1.54) is 5.69 Å². The van der Waals surface area contributed by atoms with Crippen molar-refractivity contribution in [2.45, 2.75) is 19.8 Å². The third-order valence-electron chi connectivity index (χ3n) is 2.02. The van der Waals surface area contributed by atoms with Gasteiger partial charge in [-0.15, -0.1) is 11.6 Å². The Balaban J connectivity index is 2.67. The number of allylic oxidation sites excluding steroid dienone is 2. The van der Waals surface area contributed by atoms with E-state index in [-0.39, 0.29) is 0 Å². The van der Waals surface area contributed by atoms with Gasteiger partial charge in [0.15, 0.2) is 0 Å². The van der Waals surface area contributed by atoms with Crippen LogP contribution in [0.1, 0.15) is 17.8 Å². The number of halogens is 2. The SMILES string of the molecule is Cc1nn(C)c(CC=CCCCl)c1Br. The molecule has 1 aromatic rings. The lowest BCUT2D eigenvalue weighted by Crippen LogP contribution is -1.97. The number of hydrogen-bond donors (Lipinski definition) is 0. The molecule has 1 heterocycles. The first-order chi connectivity index (χ1) is 6.66. The quantitative estimate of drug-likeness (QED) is 0.610. The third kappa shape index (κ3) is 2.85. The van der Waals surface area contributed by atoms with Gasteiger partial charge in [0.1, 0.15) is 0 Å². The van der Waals surface area contributed by atoms with E-state index in [4.69, 9.17) is 11.6 Å². The first-order valence-corrected chi connectivity index (χ1v) is 5.88. The first-order valence-electron chi connectivity index (χ1n) is 4.55. The molecule has 4 heteroatoms. The maximum atomic E-state index is 5.57. The first kappa shape index (κ1) is 11.8. The Morgan fingerprint density at radius 3 is 2.71 bits per heavy atom. The van der Waals surface area contributed by atoms with Gasteiger partial charge in [-0.25, -0.2) is 0 Å². The number of nitrogens with zero attached hydrogens (tertiary/aromatic N) is 2. The molecule has 0 aromatic carbocycles. The highest BCUT2D eigenvalue weighted by Crippen LogP contribution is 2.20. The normalized spacial score (nSPS) is 11.4. The van der Waals surface area contributed by atoms with Crippen molar-refractivity contribution in [3.05, 3.63) is 28.0 Å². The Hall–Kier alpha value is -0.280. The molecule has 78 valence electrons. The number of hydrogen-bond acceptors (Lipinski definition) is 1. The summed E-state index contributed by atoms with van der Waals surface area (Å²) < 4.78 is 3.01. The molecular formula is C10H14BrClN2. The van der Waals surface area contributed by atoms with Gasteiger partial charge >= 0.3 is 0 Å². The van der Waals surface area contributed by atoms with Gasteiger partial charge in [0.2, 0.25) is 0 Å². The van der Waals surface area contributed by atoms with Crippen LogP contribution in [-0.2, 0) is 13.5 Å². The molecular weight excluding hydrogens is 263 g/mol. The van der Waals surface area contributed by atoms with Crippen LogP contribution in [0.4, 0.5) is 0 Å². The van der Waals surface area contributed by atoms with Gasteiger partial charge < -0.3 is 0 Å². The average molecular weight is 278 g/mol. The van der Waals surface area contributed by atoms with Crippen LogP contribution >= 0.6 is 27.5 Å². The predicted molar refractivity (Wildman–Crippen MR) is 63.8 cm³/mol. The summed E-state index contributed by atoms with van der Waals surface area (Å²) in [6.07, 6.45) is 6.05. The Kier molecular flexibility index (Phi) is 4.69. The van der Waals surface area contributed by atoms with Crippen LogP contribution in [0.5, 0.6) is 0 Å². The topological polar surface area (TPSA) is 17.8 Å². The Bertz CT molecular complexity index is 331. The van der Waals surface area contributed by atoms with Crippen LogP contribution in [0.2, 0.25) is 0 Å². The Labute approximate surface area is 98.1 Å². The zero-order valence-corrected chi connectivity index (χ0v) is 10.8. The fourth-order valence-corrected chi connectivity index (χ4v) is 1.90. The summed E-state index contributed by atoms with van der Waals surface area (Å²) in [7, 11) is 1.96. The maximum Gasteiger partial charge on any atom is 0.0738 e. The van der Waals surface area contributed by atoms with E-state index in [0.29, 0.717) is 5.88 Å². The van der Waals surface area contributed by atoms with Crippen molar-refractivity contribution in [1.82, 2.24) is 9.78 Å². The van der Waals surface area contributed by atoms with Gasteiger partial charge in [-0.1, -0.05) is 12.2 Å². The number of alkyl halides is 1. The molecule has 1 aromatic heterocycles. The summed E-state index contributed by atoms with van der Waals surface area (Å²) in [5, 5.41) is 4.32. The fraction of sp³-hybridized carbons (Fsp3) is 0.500. The van der Waals surface area contributed by atoms with E-state index in [0.717, 1.165) is 23.0 Å². The van der Waals surface area contributed by atoms with Crippen LogP contribution in [0.15, 0.2) is 16.6 Å². The molecule has 0 unspecified atom stereocenters. The predicted octanol–water partition coefficient (Wildman–Crippen LogP) is 3.22. The molecule has 0 bridgehead atoms. The largest absolute Gasteiger partial charge is 0.271 e. The van der Waals surface area contributed by atoms with Crippen LogP contribution in [-0.4, -0.2) is 15.7 Å². The number of aryl methyl sites for hydroxylation is 2. The zero-order valence-electron chi connectivity index (χ0n) is 8.43. The number of aromatic nitrogens is 2. The number of rotatable bonds is 4. The lowest BCUT2D eigenvalue weighted by molar-refractivity contribution is 0.719. The van der Waals surface area contributed by atoms with Crippen molar-refractivity contribution in [1.29, 1.82) is 0 Å². The fourth-order valence-electron chi connectivity index (χ4n) is 1.28. The molecule has 0 spiro atoms. The van der Waals surface area contributed by atoms with Gasteiger partial charge in [-0.3, -0.25) is 4.68 Å². The molecule has 0 aliphatic heterocycles. The highest BCUT2D eigenvalue weighted by molar-refractivity contribution is 9.10. The average Bonchev–Trinajstić information content (AvgIpc) is 2.38. The second-order valence-corrected chi connectivity index (χ2v) is 4.29. The summed E-state index contributed by atoms with van der Waals surface area (Å²) in [4.78, 5) is 0. The molecule has 1 rings (SSSR count). The lowest BCUT2D eigenvalue weighted by Gasteiger charge is -1.97. The molecule has 0 radical (unpaired) electrons. The van der Waals surface area contributed by atoms with Gasteiger partial charge in [0.25, 0.3) is 0 Å². The molecule has 0 amide bonds. The molecule has 0 aliphatic rings. The van der Waals surface area contributed by atoms with E-state index < -0.39 is 0 Å². The van der Waals surface area contributed by atoms with Crippen LogP contribution in [0.3, 0.4) is 0 Å². The van der Waals surface area contributed by atoms with Gasteiger partial charge in [-0.2, -0.15) is 5.10 Å². The van der Waals surface area contributed by atoms with Crippen LogP contribution < -0.4 is 0 Å². The van der Waals surface area contributed by atoms with Crippen molar-refractivity contribution in [2.75, 3.05) is 5.88 Å². The smallest absolute Gasteiger partial charge is 0.0738 e. The molecule has 2 nitrogen and oxygen atoms in total. The highest BCUT2D eigenvalue weighted by Gasteiger charge is 2.07. The van der Waals surface area contributed by atoms with Crippen molar-refractivity contribution in [3.8, 4) is 0 Å². The standard InChI is InChI=1S/C10H14BrClN2/c1-8-10(11)9(14(2)13-8)6-4-3-5-7-12/h3-4H,5-7H2,1-2H3. The second kappa shape index (κ2) is 5.56. The van der Waals surface area contributed by atoms with Gasteiger partial charge in [0, 0.05) is 19.3 Å². The molecule has 0 saturated carbocycles. The van der Waals surface area contributed by atoms with E-state index in [2.05, 4.69) is 33.2 Å². The van der Waals surface area contributed by atoms with E-state index in [9.17, 15) is 0 Å². The zero-order chi connectivity index (χ0) is 10.6. The summed E-state index contributed by atoms with van der Waals surface area (Å²) in [5.74, 6) is 0.683. The van der Waals surface area contributed by atoms with E-state index in [1.807, 2.05) is 18.7 Å². The molecule has 0 fully saturated rings. The van der Waals surface area contributed by atoms with Gasteiger partial charge in [0.05, 0.1) is 15.9 Å². The van der Waals surface area contributed by atoms with Crippen molar-refractivity contribution < 1.29 is 0 Å². The second-order valence-electron chi connectivity index (χ2n) is 3.12. The molecule has 0 N–H and O–H groups in total. The van der Waals surface area contributed by atoms with Crippen molar-refractivity contribution >= 4 is 27.5 Å². The van der Waals surface area contributed by atoms with E-state index in [1.54, 1.807) is 0 Å². The van der Waals surface area contributed by atoms with E-state index >= 15 is 0 Å². The summed E-state index contributed by atoms with van der Waals surface area (Å²) in [6, 6.07) is 0. The van der Waals surface area contributed by atoms with Gasteiger partial charge in [-0.05, 0) is 29.3 Å². The highest BCUT2D eigenvalue weighted by atomic mass is 79.9. The van der Waals surface area contributed by atoms with Crippen LogP contribution in [0.25, 0.3) is 0 Å². The third-order valence-corrected chi connectivity index (χ3v) is 3.27. The maximum absolute atomic E-state index is 5.57. The van der Waals surface area contributed by atoms with Crippen molar-refractivity contribution in [2.24, 2.45) is 7.05 Å². The minimum absolute atomic E-state index is 0.683. The molecule has 0 saturated heterocycles. The minimum Gasteiger partial charge on any atom is -0.271 e. The Morgan fingerprint density at radius 1 is 1.50 bits per heavy atom.